The Bertz CT molecular complexity index is 496. The molecule has 0 aromatic carbocycles. The molecule has 6 heteroatoms. The first-order valence-corrected chi connectivity index (χ1v) is 7.52. The minimum atomic E-state index is -0.123. The molecule has 21 heavy (non-hydrogen) atoms. The fraction of sp³-hybridized carbons (Fsp3) is 0.733. The normalized spacial score (nSPS) is 17.3. The van der Waals surface area contributed by atoms with Crippen LogP contribution in [0.1, 0.15) is 37.0 Å². The second-order valence-electron chi connectivity index (χ2n) is 6.61. The SMILES string of the molecule is Cc1cc(C(=O)N2CCN(CCO)CC2)nn1C(C)(C)C. The van der Waals surface area contributed by atoms with Gasteiger partial charge in [-0.1, -0.05) is 0 Å². The minimum absolute atomic E-state index is 0.00440. The van der Waals surface area contributed by atoms with E-state index in [1.165, 1.54) is 0 Å². The zero-order valence-electron chi connectivity index (χ0n) is 13.5. The van der Waals surface area contributed by atoms with Gasteiger partial charge in [-0.3, -0.25) is 14.4 Å². The number of hydrogen-bond acceptors (Lipinski definition) is 4. The maximum absolute atomic E-state index is 12.5. The number of nitrogens with zero attached hydrogens (tertiary/aromatic N) is 4. The van der Waals surface area contributed by atoms with Gasteiger partial charge in [-0.25, -0.2) is 0 Å². The molecule has 1 N–H and O–H groups in total. The Labute approximate surface area is 126 Å². The average Bonchev–Trinajstić information content (AvgIpc) is 2.81. The second-order valence-corrected chi connectivity index (χ2v) is 6.61. The van der Waals surface area contributed by atoms with Crippen molar-refractivity contribution in [2.45, 2.75) is 33.2 Å². The lowest BCUT2D eigenvalue weighted by molar-refractivity contribution is 0.0608. The van der Waals surface area contributed by atoms with Crippen molar-refractivity contribution < 1.29 is 9.90 Å². The summed E-state index contributed by atoms with van der Waals surface area (Å²) < 4.78 is 1.91. The molecule has 0 unspecified atom stereocenters. The molecule has 0 radical (unpaired) electrons. The van der Waals surface area contributed by atoms with Gasteiger partial charge in [0.15, 0.2) is 5.69 Å². The number of aromatic nitrogens is 2. The van der Waals surface area contributed by atoms with Crippen LogP contribution in [0.5, 0.6) is 0 Å². The van der Waals surface area contributed by atoms with Crippen LogP contribution >= 0.6 is 0 Å². The van der Waals surface area contributed by atoms with Gasteiger partial charge in [0.25, 0.3) is 5.91 Å². The van der Waals surface area contributed by atoms with Crippen molar-refractivity contribution >= 4 is 5.91 Å². The Morgan fingerprint density at radius 3 is 2.38 bits per heavy atom. The zero-order chi connectivity index (χ0) is 15.6. The summed E-state index contributed by atoms with van der Waals surface area (Å²) >= 11 is 0. The van der Waals surface area contributed by atoms with Crippen LogP contribution in [-0.2, 0) is 5.54 Å². The highest BCUT2D eigenvalue weighted by Crippen LogP contribution is 2.18. The third kappa shape index (κ3) is 3.63. The third-order valence-electron chi connectivity index (χ3n) is 3.82. The number of aliphatic hydroxyl groups is 1. The maximum Gasteiger partial charge on any atom is 0.274 e. The molecule has 118 valence electrons. The molecular formula is C15H26N4O2. The molecular weight excluding hydrogens is 268 g/mol. The summed E-state index contributed by atoms with van der Waals surface area (Å²) in [6, 6.07) is 1.87. The smallest absolute Gasteiger partial charge is 0.274 e. The first kappa shape index (κ1) is 16.0. The van der Waals surface area contributed by atoms with E-state index >= 15 is 0 Å². The largest absolute Gasteiger partial charge is 0.395 e. The molecule has 2 heterocycles. The van der Waals surface area contributed by atoms with Gasteiger partial charge in [-0.05, 0) is 33.8 Å². The molecule has 0 saturated carbocycles. The lowest BCUT2D eigenvalue weighted by Gasteiger charge is -2.34. The van der Waals surface area contributed by atoms with Gasteiger partial charge in [-0.15, -0.1) is 0 Å². The molecule has 0 atom stereocenters. The number of β-amino-alcohol motifs (C(OH)–C–C–N with tert-alkyl or cyclic N) is 1. The Balaban J connectivity index is 2.05. The van der Waals surface area contributed by atoms with E-state index in [2.05, 4.69) is 30.8 Å². The van der Waals surface area contributed by atoms with Crippen molar-refractivity contribution in [2.24, 2.45) is 0 Å². The van der Waals surface area contributed by atoms with Crippen molar-refractivity contribution in [3.05, 3.63) is 17.5 Å². The van der Waals surface area contributed by atoms with Gasteiger partial charge >= 0.3 is 0 Å². The second kappa shape index (κ2) is 6.15. The number of aryl methyl sites for hydroxylation is 1. The Morgan fingerprint density at radius 2 is 1.90 bits per heavy atom. The van der Waals surface area contributed by atoms with E-state index < -0.39 is 0 Å². The van der Waals surface area contributed by atoms with Crippen LogP contribution in [-0.4, -0.2) is 69.9 Å². The Hall–Kier alpha value is -1.40. The molecule has 1 aromatic heterocycles. The highest BCUT2D eigenvalue weighted by Gasteiger charge is 2.26. The standard InChI is InChI=1S/C15H26N4O2/c1-12-11-13(16-19(12)15(2,3)4)14(21)18-7-5-17(6-8-18)9-10-20/h11,20H,5-10H2,1-4H3. The summed E-state index contributed by atoms with van der Waals surface area (Å²) in [5.74, 6) is 0.00440. The predicted molar refractivity (Wildman–Crippen MR) is 81.4 cm³/mol. The van der Waals surface area contributed by atoms with E-state index in [1.807, 2.05) is 22.6 Å². The number of carbonyl (C=O) groups is 1. The molecule has 1 aliphatic heterocycles. The summed E-state index contributed by atoms with van der Waals surface area (Å²) in [7, 11) is 0. The number of hydrogen-bond donors (Lipinski definition) is 1. The maximum atomic E-state index is 12.5. The predicted octanol–water partition coefficient (Wildman–Crippen LogP) is 0.697. The molecule has 0 bridgehead atoms. The number of piperazine rings is 1. The fourth-order valence-corrected chi connectivity index (χ4v) is 2.74. The van der Waals surface area contributed by atoms with Gasteiger partial charge in [0.05, 0.1) is 12.1 Å². The molecule has 1 aromatic rings. The van der Waals surface area contributed by atoms with Crippen molar-refractivity contribution in [3.8, 4) is 0 Å². The summed E-state index contributed by atoms with van der Waals surface area (Å²) in [4.78, 5) is 16.6. The van der Waals surface area contributed by atoms with Crippen LogP contribution in [0, 0.1) is 6.92 Å². The molecule has 1 fully saturated rings. The van der Waals surface area contributed by atoms with Crippen LogP contribution in [0.3, 0.4) is 0 Å². The van der Waals surface area contributed by atoms with Crippen molar-refractivity contribution in [3.63, 3.8) is 0 Å². The lowest BCUT2D eigenvalue weighted by atomic mass is 10.1. The van der Waals surface area contributed by atoms with Crippen LogP contribution < -0.4 is 0 Å². The first-order valence-electron chi connectivity index (χ1n) is 7.52. The Morgan fingerprint density at radius 1 is 1.29 bits per heavy atom. The van der Waals surface area contributed by atoms with Crippen molar-refractivity contribution in [2.75, 3.05) is 39.3 Å². The van der Waals surface area contributed by atoms with E-state index in [-0.39, 0.29) is 18.1 Å². The van der Waals surface area contributed by atoms with Crippen LogP contribution in [0.15, 0.2) is 6.07 Å². The van der Waals surface area contributed by atoms with E-state index in [4.69, 9.17) is 5.11 Å². The monoisotopic (exact) mass is 294 g/mol. The van der Waals surface area contributed by atoms with Crippen LogP contribution in [0.4, 0.5) is 0 Å². The van der Waals surface area contributed by atoms with Gasteiger partial charge in [0.2, 0.25) is 0 Å². The van der Waals surface area contributed by atoms with Gasteiger partial charge < -0.3 is 10.0 Å². The summed E-state index contributed by atoms with van der Waals surface area (Å²) in [6.07, 6.45) is 0. The van der Waals surface area contributed by atoms with Crippen molar-refractivity contribution in [1.29, 1.82) is 0 Å². The van der Waals surface area contributed by atoms with Crippen molar-refractivity contribution in [1.82, 2.24) is 19.6 Å². The van der Waals surface area contributed by atoms with Gasteiger partial charge in [-0.2, -0.15) is 5.10 Å². The molecule has 1 saturated heterocycles. The van der Waals surface area contributed by atoms with E-state index in [1.54, 1.807) is 0 Å². The lowest BCUT2D eigenvalue weighted by Crippen LogP contribution is -2.49. The van der Waals surface area contributed by atoms with E-state index in [0.29, 0.717) is 25.3 Å². The Kier molecular flexibility index (Phi) is 4.68. The fourth-order valence-electron chi connectivity index (χ4n) is 2.74. The molecule has 2 rings (SSSR count). The zero-order valence-corrected chi connectivity index (χ0v) is 13.5. The number of rotatable bonds is 3. The molecule has 1 amide bonds. The quantitative estimate of drug-likeness (QED) is 0.891. The molecule has 1 aliphatic rings. The van der Waals surface area contributed by atoms with Gasteiger partial charge in [0.1, 0.15) is 0 Å². The molecule has 6 nitrogen and oxygen atoms in total. The van der Waals surface area contributed by atoms with Crippen LogP contribution in [0.2, 0.25) is 0 Å². The van der Waals surface area contributed by atoms with Gasteiger partial charge in [0, 0.05) is 38.4 Å². The van der Waals surface area contributed by atoms with E-state index in [9.17, 15) is 4.79 Å². The topological polar surface area (TPSA) is 61.6 Å². The highest BCUT2D eigenvalue weighted by molar-refractivity contribution is 5.92. The molecule has 0 spiro atoms. The number of amides is 1. The first-order chi connectivity index (χ1) is 9.82. The summed E-state index contributed by atoms with van der Waals surface area (Å²) in [6.45, 7) is 12.1. The highest BCUT2D eigenvalue weighted by atomic mass is 16.3. The minimum Gasteiger partial charge on any atom is -0.395 e. The third-order valence-corrected chi connectivity index (χ3v) is 3.82. The number of aliphatic hydroxyl groups excluding tert-OH is 1. The average molecular weight is 294 g/mol. The van der Waals surface area contributed by atoms with E-state index in [0.717, 1.165) is 18.8 Å². The molecule has 0 aliphatic carbocycles. The summed E-state index contributed by atoms with van der Waals surface area (Å²) in [5.41, 5.74) is 1.41. The number of carbonyl (C=O) groups excluding carboxylic acids is 1. The summed E-state index contributed by atoms with van der Waals surface area (Å²) in [5, 5.41) is 13.4. The van der Waals surface area contributed by atoms with Crippen LogP contribution in [0.25, 0.3) is 0 Å².